The van der Waals surface area contributed by atoms with E-state index in [0.29, 0.717) is 40.0 Å². The number of para-hydroxylation sites is 2. The van der Waals surface area contributed by atoms with E-state index in [2.05, 4.69) is 10.6 Å². The number of aryl methyl sites for hydroxylation is 1. The molecular weight excluding hydrogens is 445 g/mol. The Labute approximate surface area is 202 Å². The number of amides is 1. The lowest BCUT2D eigenvalue weighted by Gasteiger charge is -2.28. The molecule has 1 amide bonds. The largest absolute Gasteiger partial charge is 0.495 e. The molecule has 3 aromatic carbocycles. The van der Waals surface area contributed by atoms with Gasteiger partial charge in [-0.15, -0.1) is 5.10 Å². The molecule has 0 bridgehead atoms. The average molecular weight is 470 g/mol. The monoisotopic (exact) mass is 469 g/mol. The molecule has 0 radical (unpaired) electrons. The fraction of sp³-hybridized carbons (Fsp3) is 0.148. The summed E-state index contributed by atoms with van der Waals surface area (Å²) >= 11 is 0. The molecule has 1 atom stereocenters. The van der Waals surface area contributed by atoms with Crippen molar-refractivity contribution in [2.45, 2.75) is 19.9 Å². The fourth-order valence-electron chi connectivity index (χ4n) is 4.27. The van der Waals surface area contributed by atoms with Crippen LogP contribution in [0.3, 0.4) is 0 Å². The number of anilines is 2. The molecule has 1 unspecified atom stereocenters. The minimum atomic E-state index is -0.619. The predicted octanol–water partition coefficient (Wildman–Crippen LogP) is 5.33. The summed E-state index contributed by atoms with van der Waals surface area (Å²) in [6.45, 7) is 3.81. The van der Waals surface area contributed by atoms with Crippen molar-refractivity contribution >= 4 is 17.5 Å². The molecule has 2 heterocycles. The quantitative estimate of drug-likeness (QED) is 0.413. The number of nitrogens with one attached hydrogen (secondary N) is 2. The number of carbonyl (C=O) groups is 1. The van der Waals surface area contributed by atoms with Crippen molar-refractivity contribution in [2.24, 2.45) is 0 Å². The first kappa shape index (κ1) is 22.3. The number of aromatic nitrogens is 3. The van der Waals surface area contributed by atoms with Crippen LogP contribution in [0.25, 0.3) is 11.4 Å². The molecule has 7 nitrogen and oxygen atoms in total. The molecule has 176 valence electrons. The van der Waals surface area contributed by atoms with Gasteiger partial charge < -0.3 is 15.4 Å². The second kappa shape index (κ2) is 9.06. The SMILES string of the molecule is COc1ccccc1NC(=O)C1=C(C)Nc2nc(-c3ccccc3C)nn2C1c1ccc(F)cc1. The Bertz CT molecular complexity index is 1440. The maximum absolute atomic E-state index is 13.8. The number of hydrogen-bond acceptors (Lipinski definition) is 5. The Morgan fingerprint density at radius 3 is 2.49 bits per heavy atom. The van der Waals surface area contributed by atoms with Crippen molar-refractivity contribution in [3.05, 3.63) is 101 Å². The van der Waals surface area contributed by atoms with Crippen molar-refractivity contribution in [2.75, 3.05) is 17.7 Å². The predicted molar refractivity (Wildman–Crippen MR) is 133 cm³/mol. The third kappa shape index (κ3) is 4.14. The van der Waals surface area contributed by atoms with Crippen LogP contribution in [0.4, 0.5) is 16.0 Å². The molecule has 1 aromatic heterocycles. The molecular formula is C27H24FN5O2. The Kier molecular flexibility index (Phi) is 5.78. The van der Waals surface area contributed by atoms with Crippen LogP contribution in [0, 0.1) is 12.7 Å². The molecule has 0 saturated carbocycles. The van der Waals surface area contributed by atoms with Gasteiger partial charge in [0.1, 0.15) is 17.6 Å². The molecule has 2 N–H and O–H groups in total. The van der Waals surface area contributed by atoms with Gasteiger partial charge in [0.2, 0.25) is 5.95 Å². The first-order valence-electron chi connectivity index (χ1n) is 11.2. The highest BCUT2D eigenvalue weighted by Crippen LogP contribution is 2.37. The number of methoxy groups -OCH3 is 1. The van der Waals surface area contributed by atoms with Gasteiger partial charge in [0.25, 0.3) is 5.91 Å². The molecule has 5 rings (SSSR count). The summed E-state index contributed by atoms with van der Waals surface area (Å²) in [7, 11) is 1.55. The van der Waals surface area contributed by atoms with Gasteiger partial charge in [0, 0.05) is 11.3 Å². The maximum atomic E-state index is 13.8. The summed E-state index contributed by atoms with van der Waals surface area (Å²) in [5.41, 5.74) is 4.25. The van der Waals surface area contributed by atoms with Crippen LogP contribution in [-0.4, -0.2) is 27.8 Å². The zero-order valence-electron chi connectivity index (χ0n) is 19.5. The van der Waals surface area contributed by atoms with Gasteiger partial charge in [0.05, 0.1) is 18.4 Å². The smallest absolute Gasteiger partial charge is 0.255 e. The topological polar surface area (TPSA) is 81.1 Å². The Morgan fingerprint density at radius 2 is 1.74 bits per heavy atom. The summed E-state index contributed by atoms with van der Waals surface area (Å²) in [6.07, 6.45) is 0. The highest BCUT2D eigenvalue weighted by molar-refractivity contribution is 6.06. The van der Waals surface area contributed by atoms with Crippen molar-refractivity contribution in [1.82, 2.24) is 14.8 Å². The average Bonchev–Trinajstić information content (AvgIpc) is 3.27. The van der Waals surface area contributed by atoms with E-state index in [-0.39, 0.29) is 11.7 Å². The van der Waals surface area contributed by atoms with Gasteiger partial charge in [-0.1, -0.05) is 48.5 Å². The van der Waals surface area contributed by atoms with Gasteiger partial charge in [-0.05, 0) is 49.2 Å². The van der Waals surface area contributed by atoms with Crippen molar-refractivity contribution in [3.63, 3.8) is 0 Å². The third-order valence-electron chi connectivity index (χ3n) is 6.02. The van der Waals surface area contributed by atoms with Gasteiger partial charge in [-0.3, -0.25) is 4.79 Å². The van der Waals surface area contributed by atoms with Crippen LogP contribution >= 0.6 is 0 Å². The maximum Gasteiger partial charge on any atom is 0.255 e. The third-order valence-corrected chi connectivity index (χ3v) is 6.02. The van der Waals surface area contributed by atoms with E-state index in [0.717, 1.165) is 11.1 Å². The minimum absolute atomic E-state index is 0.326. The number of nitrogens with zero attached hydrogens (tertiary/aromatic N) is 3. The van der Waals surface area contributed by atoms with E-state index >= 15 is 0 Å². The van der Waals surface area contributed by atoms with Gasteiger partial charge in [-0.25, -0.2) is 9.07 Å². The summed E-state index contributed by atoms with van der Waals surface area (Å²) in [6, 6.07) is 20.5. The van der Waals surface area contributed by atoms with E-state index in [4.69, 9.17) is 14.8 Å². The number of carbonyl (C=O) groups excluding carboxylic acids is 1. The molecule has 0 fully saturated rings. The number of hydrogen-bond donors (Lipinski definition) is 2. The van der Waals surface area contributed by atoms with E-state index in [9.17, 15) is 9.18 Å². The summed E-state index contributed by atoms with van der Waals surface area (Å²) in [5, 5.41) is 11.0. The highest BCUT2D eigenvalue weighted by Gasteiger charge is 2.35. The van der Waals surface area contributed by atoms with Crippen LogP contribution in [0.15, 0.2) is 84.1 Å². The molecule has 0 aliphatic carbocycles. The first-order chi connectivity index (χ1) is 17.0. The Balaban J connectivity index is 1.61. The molecule has 0 saturated heterocycles. The molecule has 1 aliphatic rings. The van der Waals surface area contributed by atoms with E-state index in [1.807, 2.05) is 50.2 Å². The van der Waals surface area contributed by atoms with Crippen LogP contribution < -0.4 is 15.4 Å². The number of benzene rings is 3. The zero-order chi connectivity index (χ0) is 24.5. The minimum Gasteiger partial charge on any atom is -0.495 e. The van der Waals surface area contributed by atoms with Crippen LogP contribution in [0.5, 0.6) is 5.75 Å². The molecule has 8 heteroatoms. The normalized spacial score (nSPS) is 14.8. The number of halogens is 1. The highest BCUT2D eigenvalue weighted by atomic mass is 19.1. The summed E-state index contributed by atoms with van der Waals surface area (Å²) in [5.74, 6) is 0.903. The lowest BCUT2D eigenvalue weighted by Crippen LogP contribution is -2.31. The van der Waals surface area contributed by atoms with Gasteiger partial charge >= 0.3 is 0 Å². The van der Waals surface area contributed by atoms with Crippen molar-refractivity contribution in [3.8, 4) is 17.1 Å². The lowest BCUT2D eigenvalue weighted by atomic mass is 9.95. The Morgan fingerprint density at radius 1 is 1.03 bits per heavy atom. The molecule has 35 heavy (non-hydrogen) atoms. The number of allylic oxidation sites excluding steroid dienone is 1. The van der Waals surface area contributed by atoms with Gasteiger partial charge in [-0.2, -0.15) is 4.98 Å². The van der Waals surface area contributed by atoms with Crippen LogP contribution in [0.1, 0.15) is 24.1 Å². The van der Waals surface area contributed by atoms with Gasteiger partial charge in [0.15, 0.2) is 5.82 Å². The molecule has 0 spiro atoms. The molecule has 1 aliphatic heterocycles. The summed E-state index contributed by atoms with van der Waals surface area (Å²) < 4.78 is 20.8. The van der Waals surface area contributed by atoms with Crippen molar-refractivity contribution < 1.29 is 13.9 Å². The second-order valence-electron chi connectivity index (χ2n) is 8.29. The molecule has 4 aromatic rings. The van der Waals surface area contributed by atoms with E-state index in [1.54, 1.807) is 36.1 Å². The Hall–Kier alpha value is -4.46. The van der Waals surface area contributed by atoms with Crippen LogP contribution in [-0.2, 0) is 4.79 Å². The lowest BCUT2D eigenvalue weighted by molar-refractivity contribution is -0.113. The first-order valence-corrected chi connectivity index (χ1v) is 11.2. The number of rotatable bonds is 5. The number of fused-ring (bicyclic) bond motifs is 1. The van der Waals surface area contributed by atoms with Crippen molar-refractivity contribution in [1.29, 1.82) is 0 Å². The second-order valence-corrected chi connectivity index (χ2v) is 8.29. The van der Waals surface area contributed by atoms with E-state index in [1.165, 1.54) is 12.1 Å². The van der Waals surface area contributed by atoms with E-state index < -0.39 is 6.04 Å². The summed E-state index contributed by atoms with van der Waals surface area (Å²) in [4.78, 5) is 18.3. The fourth-order valence-corrected chi connectivity index (χ4v) is 4.27. The zero-order valence-corrected chi connectivity index (χ0v) is 19.5. The van der Waals surface area contributed by atoms with Crippen LogP contribution in [0.2, 0.25) is 0 Å². The number of ether oxygens (including phenoxy) is 1. The standard InChI is InChI=1S/C27H24FN5O2/c1-16-8-4-5-9-20(16)25-31-27-29-17(2)23(26(34)30-21-10-6-7-11-22(21)35-3)24(33(27)32-25)18-12-14-19(28)15-13-18/h4-15,24H,1-3H3,(H,30,34)(H,29,31,32).